The first kappa shape index (κ1) is 13.4. The molecule has 1 amide bonds. The number of nitrogens with one attached hydrogen (secondary N) is 1. The summed E-state index contributed by atoms with van der Waals surface area (Å²) in [6.45, 7) is 2.30. The van der Waals surface area contributed by atoms with E-state index in [0.29, 0.717) is 22.8 Å². The molecule has 0 radical (unpaired) electrons. The third-order valence-electron chi connectivity index (χ3n) is 2.70. The zero-order valence-corrected chi connectivity index (χ0v) is 11.2. The monoisotopic (exact) mass is 275 g/mol. The molecule has 0 aliphatic heterocycles. The second-order valence-electron chi connectivity index (χ2n) is 4.19. The van der Waals surface area contributed by atoms with Crippen molar-refractivity contribution in [3.05, 3.63) is 58.4 Å². The Labute approximate surface area is 116 Å². The smallest absolute Gasteiger partial charge is 0.255 e. The van der Waals surface area contributed by atoms with Gasteiger partial charge in [-0.1, -0.05) is 23.7 Å². The molecule has 0 atom stereocenters. The standard InChI is InChI=1S/C14H14ClN3O/c1-9-5-6-10(7-17-9)8-18-14(19)13-11(15)3-2-4-12(13)16/h2-7H,8,16H2,1H3,(H,18,19). The number of halogens is 1. The summed E-state index contributed by atoms with van der Waals surface area (Å²) >= 11 is 5.97. The van der Waals surface area contributed by atoms with E-state index in [1.54, 1.807) is 24.4 Å². The summed E-state index contributed by atoms with van der Waals surface area (Å²) in [6.07, 6.45) is 1.73. The second kappa shape index (κ2) is 5.71. The lowest BCUT2D eigenvalue weighted by molar-refractivity contribution is 0.0952. The van der Waals surface area contributed by atoms with Gasteiger partial charge in [0.25, 0.3) is 5.91 Å². The van der Waals surface area contributed by atoms with Gasteiger partial charge in [-0.3, -0.25) is 9.78 Å². The quantitative estimate of drug-likeness (QED) is 0.846. The number of rotatable bonds is 3. The topological polar surface area (TPSA) is 68.0 Å². The first-order valence-electron chi connectivity index (χ1n) is 5.81. The van der Waals surface area contributed by atoms with Crippen LogP contribution >= 0.6 is 11.6 Å². The van der Waals surface area contributed by atoms with E-state index in [1.807, 2.05) is 19.1 Å². The van der Waals surface area contributed by atoms with E-state index in [1.165, 1.54) is 0 Å². The summed E-state index contributed by atoms with van der Waals surface area (Å²) in [7, 11) is 0. The molecule has 2 aromatic rings. The van der Waals surface area contributed by atoms with Crippen molar-refractivity contribution >= 4 is 23.2 Å². The molecule has 0 unspecified atom stereocenters. The van der Waals surface area contributed by atoms with Crippen LogP contribution < -0.4 is 11.1 Å². The molecule has 0 bridgehead atoms. The number of hydrogen-bond donors (Lipinski definition) is 2. The molecule has 0 saturated carbocycles. The van der Waals surface area contributed by atoms with Crippen LogP contribution in [0.25, 0.3) is 0 Å². The fraction of sp³-hybridized carbons (Fsp3) is 0.143. The molecule has 1 aromatic heterocycles. The molecule has 0 aliphatic carbocycles. The largest absolute Gasteiger partial charge is 0.398 e. The van der Waals surface area contributed by atoms with Crippen molar-refractivity contribution in [2.75, 3.05) is 5.73 Å². The summed E-state index contributed by atoms with van der Waals surface area (Å²) in [5, 5.41) is 3.12. The van der Waals surface area contributed by atoms with Gasteiger partial charge in [0.15, 0.2) is 0 Å². The SMILES string of the molecule is Cc1ccc(CNC(=O)c2c(N)cccc2Cl)cn1. The van der Waals surface area contributed by atoms with Gasteiger partial charge in [-0.05, 0) is 30.7 Å². The van der Waals surface area contributed by atoms with Gasteiger partial charge in [0.2, 0.25) is 0 Å². The minimum absolute atomic E-state index is 0.288. The molecule has 0 saturated heterocycles. The number of carbonyl (C=O) groups is 1. The Morgan fingerprint density at radius 2 is 2.16 bits per heavy atom. The number of hydrogen-bond acceptors (Lipinski definition) is 3. The maximum Gasteiger partial charge on any atom is 0.255 e. The Morgan fingerprint density at radius 1 is 1.37 bits per heavy atom. The van der Waals surface area contributed by atoms with E-state index < -0.39 is 0 Å². The van der Waals surface area contributed by atoms with Gasteiger partial charge in [-0.25, -0.2) is 0 Å². The number of pyridine rings is 1. The van der Waals surface area contributed by atoms with Crippen LogP contribution in [0.3, 0.4) is 0 Å². The Bertz CT molecular complexity index is 576. The number of carbonyl (C=O) groups excluding carboxylic acids is 1. The van der Waals surface area contributed by atoms with Crippen molar-refractivity contribution in [2.24, 2.45) is 0 Å². The van der Waals surface area contributed by atoms with Crippen LogP contribution in [0.5, 0.6) is 0 Å². The summed E-state index contributed by atoms with van der Waals surface area (Å²) < 4.78 is 0. The van der Waals surface area contributed by atoms with E-state index in [4.69, 9.17) is 17.3 Å². The highest BCUT2D eigenvalue weighted by Gasteiger charge is 2.13. The van der Waals surface area contributed by atoms with Crippen molar-refractivity contribution in [1.82, 2.24) is 10.3 Å². The van der Waals surface area contributed by atoms with Crippen LogP contribution in [0, 0.1) is 6.92 Å². The highest BCUT2D eigenvalue weighted by Crippen LogP contribution is 2.21. The lowest BCUT2D eigenvalue weighted by Gasteiger charge is -2.09. The van der Waals surface area contributed by atoms with Gasteiger partial charge in [0, 0.05) is 24.1 Å². The fourth-order valence-electron chi connectivity index (χ4n) is 1.65. The van der Waals surface area contributed by atoms with E-state index in [0.717, 1.165) is 11.3 Å². The molecule has 1 heterocycles. The molecule has 4 nitrogen and oxygen atoms in total. The number of nitrogens with zero attached hydrogens (tertiary/aromatic N) is 1. The number of nitrogen functional groups attached to an aromatic ring is 1. The molecule has 98 valence electrons. The minimum Gasteiger partial charge on any atom is -0.398 e. The number of anilines is 1. The zero-order chi connectivity index (χ0) is 13.8. The Hall–Kier alpha value is -2.07. The molecular formula is C14H14ClN3O. The molecule has 2 rings (SSSR count). The first-order valence-corrected chi connectivity index (χ1v) is 6.19. The van der Waals surface area contributed by atoms with Crippen LogP contribution in [0.4, 0.5) is 5.69 Å². The van der Waals surface area contributed by atoms with Crippen molar-refractivity contribution in [2.45, 2.75) is 13.5 Å². The number of benzene rings is 1. The summed E-state index contributed by atoms with van der Waals surface area (Å²) in [6, 6.07) is 8.80. The Balaban J connectivity index is 2.07. The third-order valence-corrected chi connectivity index (χ3v) is 3.01. The number of aryl methyl sites for hydroxylation is 1. The van der Waals surface area contributed by atoms with Gasteiger partial charge >= 0.3 is 0 Å². The molecule has 19 heavy (non-hydrogen) atoms. The molecule has 0 spiro atoms. The average Bonchev–Trinajstić information content (AvgIpc) is 2.38. The van der Waals surface area contributed by atoms with Gasteiger partial charge in [0.1, 0.15) is 0 Å². The number of amides is 1. The van der Waals surface area contributed by atoms with Gasteiger partial charge in [-0.2, -0.15) is 0 Å². The van der Waals surface area contributed by atoms with Gasteiger partial charge in [-0.15, -0.1) is 0 Å². The van der Waals surface area contributed by atoms with Gasteiger partial charge < -0.3 is 11.1 Å². The van der Waals surface area contributed by atoms with Gasteiger partial charge in [0.05, 0.1) is 10.6 Å². The van der Waals surface area contributed by atoms with Crippen molar-refractivity contribution < 1.29 is 4.79 Å². The van der Waals surface area contributed by atoms with Crippen LogP contribution in [0.2, 0.25) is 5.02 Å². The van der Waals surface area contributed by atoms with E-state index in [-0.39, 0.29) is 5.91 Å². The molecule has 0 aliphatic rings. The first-order chi connectivity index (χ1) is 9.08. The summed E-state index contributed by atoms with van der Waals surface area (Å²) in [5.74, 6) is -0.288. The normalized spacial score (nSPS) is 10.2. The molecule has 1 aromatic carbocycles. The van der Waals surface area contributed by atoms with Crippen LogP contribution in [0.1, 0.15) is 21.6 Å². The highest BCUT2D eigenvalue weighted by atomic mass is 35.5. The lowest BCUT2D eigenvalue weighted by Crippen LogP contribution is -2.24. The number of nitrogens with two attached hydrogens (primary N) is 1. The molecule has 0 fully saturated rings. The van der Waals surface area contributed by atoms with Crippen LogP contribution in [0.15, 0.2) is 36.5 Å². The van der Waals surface area contributed by atoms with Crippen molar-refractivity contribution in [3.8, 4) is 0 Å². The predicted octanol–water partition coefficient (Wildman–Crippen LogP) is 2.56. The summed E-state index contributed by atoms with van der Waals surface area (Å²) in [4.78, 5) is 16.2. The molecule has 3 N–H and O–H groups in total. The zero-order valence-electron chi connectivity index (χ0n) is 10.5. The van der Waals surface area contributed by atoms with Crippen LogP contribution in [-0.2, 0) is 6.54 Å². The Morgan fingerprint density at radius 3 is 2.79 bits per heavy atom. The fourth-order valence-corrected chi connectivity index (χ4v) is 1.92. The Kier molecular flexibility index (Phi) is 4.02. The number of aromatic nitrogens is 1. The third kappa shape index (κ3) is 3.23. The van der Waals surface area contributed by atoms with E-state index >= 15 is 0 Å². The van der Waals surface area contributed by atoms with Crippen molar-refractivity contribution in [3.63, 3.8) is 0 Å². The predicted molar refractivity (Wildman–Crippen MR) is 76.0 cm³/mol. The molecule has 5 heteroatoms. The maximum atomic E-state index is 12.0. The lowest BCUT2D eigenvalue weighted by atomic mass is 10.1. The summed E-state index contributed by atoms with van der Waals surface area (Å²) in [5.41, 5.74) is 8.29. The molecular weight excluding hydrogens is 262 g/mol. The maximum absolute atomic E-state index is 12.0. The highest BCUT2D eigenvalue weighted by molar-refractivity contribution is 6.34. The average molecular weight is 276 g/mol. The van der Waals surface area contributed by atoms with Crippen LogP contribution in [-0.4, -0.2) is 10.9 Å². The van der Waals surface area contributed by atoms with E-state index in [2.05, 4.69) is 10.3 Å². The second-order valence-corrected chi connectivity index (χ2v) is 4.60. The minimum atomic E-state index is -0.288. The van der Waals surface area contributed by atoms with Crippen molar-refractivity contribution in [1.29, 1.82) is 0 Å². The van der Waals surface area contributed by atoms with E-state index in [9.17, 15) is 4.79 Å².